The number of nitrogens with zero attached hydrogens (tertiary/aromatic N) is 2. The van der Waals surface area contributed by atoms with E-state index in [1.165, 1.54) is 12.1 Å². The fourth-order valence-electron chi connectivity index (χ4n) is 2.39. The van der Waals surface area contributed by atoms with Crippen LogP contribution in [0.4, 0.5) is 0 Å². The topological polar surface area (TPSA) is 89.4 Å². The summed E-state index contributed by atoms with van der Waals surface area (Å²) in [7, 11) is 0. The number of aromatic nitrogens is 2. The molecule has 0 aliphatic rings. The summed E-state index contributed by atoms with van der Waals surface area (Å²) < 4.78 is 10.3. The van der Waals surface area contributed by atoms with Gasteiger partial charge >= 0.3 is 5.97 Å². The highest BCUT2D eigenvalue weighted by Crippen LogP contribution is 2.31. The normalized spacial score (nSPS) is 11.0. The quantitative estimate of drug-likeness (QED) is 0.618. The molecule has 0 aliphatic heterocycles. The highest BCUT2D eigenvalue weighted by molar-refractivity contribution is 5.93. The number of fused-ring (bicyclic) bond motifs is 1. The highest BCUT2D eigenvalue weighted by Gasteiger charge is 2.16. The van der Waals surface area contributed by atoms with Crippen LogP contribution in [-0.4, -0.2) is 21.0 Å². The molecule has 0 saturated carbocycles. The minimum Gasteiger partial charge on any atom is -0.478 e. The van der Waals surface area contributed by atoms with Gasteiger partial charge in [-0.15, -0.1) is 0 Å². The SMILES string of the molecule is O=C(O)c1ccc2nc(-c3ccoc3)c(-c3ccoc3)nc2c1. The van der Waals surface area contributed by atoms with E-state index in [4.69, 9.17) is 13.9 Å². The molecule has 3 aromatic heterocycles. The van der Waals surface area contributed by atoms with Crippen molar-refractivity contribution in [3.63, 3.8) is 0 Å². The molecule has 3 heterocycles. The van der Waals surface area contributed by atoms with Crippen LogP contribution in [0, 0.1) is 0 Å². The molecule has 1 aromatic carbocycles. The molecular weight excluding hydrogens is 296 g/mol. The van der Waals surface area contributed by atoms with Gasteiger partial charge in [0.05, 0.1) is 41.6 Å². The van der Waals surface area contributed by atoms with E-state index in [9.17, 15) is 4.79 Å². The third kappa shape index (κ3) is 2.26. The maximum absolute atomic E-state index is 11.1. The second-order valence-corrected chi connectivity index (χ2v) is 4.95. The van der Waals surface area contributed by atoms with Gasteiger partial charge in [-0.2, -0.15) is 0 Å². The summed E-state index contributed by atoms with van der Waals surface area (Å²) in [6, 6.07) is 8.24. The second-order valence-electron chi connectivity index (χ2n) is 4.95. The summed E-state index contributed by atoms with van der Waals surface area (Å²) in [4.78, 5) is 20.3. The Balaban J connectivity index is 2.02. The van der Waals surface area contributed by atoms with E-state index in [1.54, 1.807) is 43.3 Å². The van der Waals surface area contributed by atoms with Gasteiger partial charge in [-0.05, 0) is 30.3 Å². The minimum absolute atomic E-state index is 0.168. The van der Waals surface area contributed by atoms with Crippen molar-refractivity contribution in [3.8, 4) is 22.5 Å². The number of carboxylic acids is 1. The first kappa shape index (κ1) is 13.3. The molecule has 0 atom stereocenters. The lowest BCUT2D eigenvalue weighted by Crippen LogP contribution is -1.99. The largest absolute Gasteiger partial charge is 0.478 e. The van der Waals surface area contributed by atoms with Crippen LogP contribution in [-0.2, 0) is 0 Å². The second kappa shape index (κ2) is 5.10. The summed E-state index contributed by atoms with van der Waals surface area (Å²) in [5.41, 5.74) is 4.09. The van der Waals surface area contributed by atoms with Crippen LogP contribution in [0.25, 0.3) is 33.5 Å². The molecule has 0 amide bonds. The van der Waals surface area contributed by atoms with Crippen molar-refractivity contribution < 1.29 is 18.7 Å². The molecule has 0 radical (unpaired) electrons. The van der Waals surface area contributed by atoms with Gasteiger partial charge < -0.3 is 13.9 Å². The lowest BCUT2D eigenvalue weighted by atomic mass is 10.1. The van der Waals surface area contributed by atoms with Crippen LogP contribution < -0.4 is 0 Å². The molecule has 0 spiro atoms. The van der Waals surface area contributed by atoms with Gasteiger partial charge in [0, 0.05) is 11.1 Å². The number of hydrogen-bond donors (Lipinski definition) is 1. The Bertz CT molecular complexity index is 989. The van der Waals surface area contributed by atoms with Crippen LogP contribution in [0.5, 0.6) is 0 Å². The Kier molecular flexibility index (Phi) is 2.94. The van der Waals surface area contributed by atoms with Crippen molar-refractivity contribution in [1.82, 2.24) is 9.97 Å². The summed E-state index contributed by atoms with van der Waals surface area (Å²) >= 11 is 0. The van der Waals surface area contributed by atoms with Crippen molar-refractivity contribution in [1.29, 1.82) is 0 Å². The zero-order chi connectivity index (χ0) is 15.8. The molecule has 6 nitrogen and oxygen atoms in total. The van der Waals surface area contributed by atoms with Crippen LogP contribution >= 0.6 is 0 Å². The smallest absolute Gasteiger partial charge is 0.335 e. The molecule has 4 rings (SSSR count). The summed E-state index contributed by atoms with van der Waals surface area (Å²) in [6.07, 6.45) is 6.27. The Hall–Kier alpha value is -3.41. The lowest BCUT2D eigenvalue weighted by Gasteiger charge is -2.07. The van der Waals surface area contributed by atoms with Gasteiger partial charge in [-0.25, -0.2) is 14.8 Å². The standard InChI is InChI=1S/C17H10N2O4/c20-17(21)10-1-2-13-14(7-10)19-16(12-4-6-23-9-12)15(18-13)11-3-5-22-8-11/h1-9H,(H,20,21). The maximum Gasteiger partial charge on any atom is 0.335 e. The van der Waals surface area contributed by atoms with Crippen LogP contribution in [0.15, 0.2) is 64.2 Å². The molecule has 0 fully saturated rings. The summed E-state index contributed by atoms with van der Waals surface area (Å²) in [5.74, 6) is -1.00. The fraction of sp³-hybridized carbons (Fsp3) is 0. The molecule has 4 aromatic rings. The minimum atomic E-state index is -1.00. The first-order valence-corrected chi connectivity index (χ1v) is 6.82. The van der Waals surface area contributed by atoms with Crippen molar-refractivity contribution >= 4 is 17.0 Å². The number of rotatable bonds is 3. The zero-order valence-corrected chi connectivity index (χ0v) is 11.8. The van der Waals surface area contributed by atoms with E-state index < -0.39 is 5.97 Å². The van der Waals surface area contributed by atoms with E-state index in [0.717, 1.165) is 11.1 Å². The fourth-order valence-corrected chi connectivity index (χ4v) is 2.39. The average Bonchev–Trinajstić information content (AvgIpc) is 3.26. The Morgan fingerprint density at radius 3 is 2.00 bits per heavy atom. The first-order chi connectivity index (χ1) is 11.2. The number of furan rings is 2. The zero-order valence-electron chi connectivity index (χ0n) is 11.8. The van der Waals surface area contributed by atoms with Gasteiger partial charge in [0.2, 0.25) is 0 Å². The van der Waals surface area contributed by atoms with E-state index in [-0.39, 0.29) is 5.56 Å². The molecule has 0 aliphatic carbocycles. The average molecular weight is 306 g/mol. The third-order valence-electron chi connectivity index (χ3n) is 3.50. The number of hydrogen-bond acceptors (Lipinski definition) is 5. The predicted molar refractivity (Wildman–Crippen MR) is 81.9 cm³/mol. The van der Waals surface area contributed by atoms with Crippen molar-refractivity contribution in [2.24, 2.45) is 0 Å². The Morgan fingerprint density at radius 1 is 0.870 bits per heavy atom. The highest BCUT2D eigenvalue weighted by atomic mass is 16.4. The van der Waals surface area contributed by atoms with Gasteiger partial charge in [0.15, 0.2) is 0 Å². The number of carboxylic acid groups (broad SMARTS) is 1. The van der Waals surface area contributed by atoms with Crippen LogP contribution in [0.2, 0.25) is 0 Å². The summed E-state index contributed by atoms with van der Waals surface area (Å²) in [6.45, 7) is 0. The summed E-state index contributed by atoms with van der Waals surface area (Å²) in [5, 5.41) is 9.13. The van der Waals surface area contributed by atoms with E-state index >= 15 is 0 Å². The monoisotopic (exact) mass is 306 g/mol. The number of carbonyl (C=O) groups is 1. The lowest BCUT2D eigenvalue weighted by molar-refractivity contribution is 0.0697. The molecule has 0 bridgehead atoms. The van der Waals surface area contributed by atoms with Crippen molar-refractivity contribution in [2.45, 2.75) is 0 Å². The van der Waals surface area contributed by atoms with Gasteiger partial charge in [-0.3, -0.25) is 0 Å². The van der Waals surface area contributed by atoms with E-state index in [2.05, 4.69) is 9.97 Å². The molecule has 1 N–H and O–H groups in total. The Labute approximate surface area is 130 Å². The first-order valence-electron chi connectivity index (χ1n) is 6.82. The Morgan fingerprint density at radius 2 is 1.48 bits per heavy atom. The predicted octanol–water partition coefficient (Wildman–Crippen LogP) is 3.85. The maximum atomic E-state index is 11.1. The molecule has 0 unspecified atom stereocenters. The van der Waals surface area contributed by atoms with E-state index in [0.29, 0.717) is 22.4 Å². The molecule has 0 saturated heterocycles. The van der Waals surface area contributed by atoms with Crippen molar-refractivity contribution in [2.75, 3.05) is 0 Å². The van der Waals surface area contributed by atoms with Crippen LogP contribution in [0.1, 0.15) is 10.4 Å². The van der Waals surface area contributed by atoms with Gasteiger partial charge in [0.25, 0.3) is 0 Å². The van der Waals surface area contributed by atoms with Crippen molar-refractivity contribution in [3.05, 3.63) is 60.9 Å². The molecule has 23 heavy (non-hydrogen) atoms. The molecular formula is C17H10N2O4. The molecule has 112 valence electrons. The van der Waals surface area contributed by atoms with E-state index in [1.807, 2.05) is 0 Å². The number of aromatic carboxylic acids is 1. The van der Waals surface area contributed by atoms with Gasteiger partial charge in [-0.1, -0.05) is 0 Å². The van der Waals surface area contributed by atoms with Gasteiger partial charge in [0.1, 0.15) is 11.4 Å². The van der Waals surface area contributed by atoms with Crippen LogP contribution in [0.3, 0.4) is 0 Å². The number of benzene rings is 1. The molecule has 6 heteroatoms. The third-order valence-corrected chi connectivity index (χ3v) is 3.50.